The van der Waals surface area contributed by atoms with Crippen molar-refractivity contribution in [1.82, 2.24) is 5.32 Å². The lowest BCUT2D eigenvalue weighted by atomic mass is 10.1. The third kappa shape index (κ3) is 3.67. The summed E-state index contributed by atoms with van der Waals surface area (Å²) in [6.45, 7) is 0.427. The number of hydrogen-bond donors (Lipinski definition) is 2. The first-order chi connectivity index (χ1) is 9.06. The molecule has 104 valence electrons. The number of thioether (sulfide) groups is 1. The fourth-order valence-corrected chi connectivity index (χ4v) is 2.42. The van der Waals surface area contributed by atoms with E-state index in [2.05, 4.69) is 5.32 Å². The number of aliphatic hydroxyl groups is 1. The van der Waals surface area contributed by atoms with E-state index in [0.717, 1.165) is 12.8 Å². The molecule has 1 amide bonds. The van der Waals surface area contributed by atoms with Gasteiger partial charge in [-0.05, 0) is 25.0 Å². The minimum Gasteiger partial charge on any atom is -0.396 e. The number of aliphatic hydroxyl groups excluding tert-OH is 1. The van der Waals surface area contributed by atoms with Gasteiger partial charge in [0.2, 0.25) is 0 Å². The predicted molar refractivity (Wildman–Crippen MR) is 69.4 cm³/mol. The number of carbonyl (C=O) groups excluding carboxylic acids is 1. The summed E-state index contributed by atoms with van der Waals surface area (Å²) in [7, 11) is 0. The van der Waals surface area contributed by atoms with Gasteiger partial charge in [-0.25, -0.2) is 0 Å². The van der Waals surface area contributed by atoms with Crippen LogP contribution in [0.5, 0.6) is 0 Å². The Morgan fingerprint density at radius 2 is 2.11 bits per heavy atom. The Labute approximate surface area is 114 Å². The van der Waals surface area contributed by atoms with E-state index in [1.54, 1.807) is 12.1 Å². The molecule has 0 radical (unpaired) electrons. The van der Waals surface area contributed by atoms with E-state index in [0.29, 0.717) is 18.3 Å². The molecular weight excluding hydrogens is 272 g/mol. The van der Waals surface area contributed by atoms with Crippen molar-refractivity contribution in [3.8, 4) is 0 Å². The van der Waals surface area contributed by atoms with E-state index in [1.165, 1.54) is 12.1 Å². The molecule has 2 N–H and O–H groups in total. The lowest BCUT2D eigenvalue weighted by Gasteiger charge is -2.14. The van der Waals surface area contributed by atoms with Crippen LogP contribution >= 0.6 is 11.8 Å². The number of halogens is 2. The molecule has 19 heavy (non-hydrogen) atoms. The highest BCUT2D eigenvalue weighted by molar-refractivity contribution is 7.99. The van der Waals surface area contributed by atoms with E-state index < -0.39 is 5.76 Å². The summed E-state index contributed by atoms with van der Waals surface area (Å²) < 4.78 is 24.8. The van der Waals surface area contributed by atoms with E-state index >= 15 is 0 Å². The standard InChI is InChI=1S/C13H15F2NO2S/c14-12(15)19-10-4-2-1-3-9(10)11(18)16-7-13(8-17)5-6-13/h1-4,12,17H,5-8H2,(H,16,18). The maximum atomic E-state index is 12.4. The molecule has 1 aliphatic carbocycles. The van der Waals surface area contributed by atoms with Crippen LogP contribution in [0.1, 0.15) is 23.2 Å². The van der Waals surface area contributed by atoms with Crippen molar-refractivity contribution in [2.24, 2.45) is 5.41 Å². The van der Waals surface area contributed by atoms with E-state index in [4.69, 9.17) is 5.11 Å². The number of hydrogen-bond acceptors (Lipinski definition) is 3. The van der Waals surface area contributed by atoms with E-state index in [9.17, 15) is 13.6 Å². The number of rotatable bonds is 6. The molecule has 6 heteroatoms. The van der Waals surface area contributed by atoms with Gasteiger partial charge in [-0.3, -0.25) is 4.79 Å². The summed E-state index contributed by atoms with van der Waals surface area (Å²) in [4.78, 5) is 12.3. The van der Waals surface area contributed by atoms with Crippen LogP contribution in [0.2, 0.25) is 0 Å². The Bertz CT molecular complexity index is 464. The van der Waals surface area contributed by atoms with Crippen molar-refractivity contribution in [1.29, 1.82) is 0 Å². The van der Waals surface area contributed by atoms with Crippen molar-refractivity contribution in [3.63, 3.8) is 0 Å². The molecule has 3 nitrogen and oxygen atoms in total. The monoisotopic (exact) mass is 287 g/mol. The van der Waals surface area contributed by atoms with Gasteiger partial charge in [0.15, 0.2) is 0 Å². The van der Waals surface area contributed by atoms with Gasteiger partial charge >= 0.3 is 0 Å². The first kappa shape index (κ1) is 14.3. The molecule has 0 heterocycles. The van der Waals surface area contributed by atoms with Gasteiger partial charge in [-0.15, -0.1) is 0 Å². The summed E-state index contributed by atoms with van der Waals surface area (Å²) in [5.74, 6) is -2.93. The number of amides is 1. The van der Waals surface area contributed by atoms with Crippen LogP contribution in [0.25, 0.3) is 0 Å². The number of benzene rings is 1. The highest BCUT2D eigenvalue weighted by Gasteiger charge is 2.42. The second kappa shape index (κ2) is 5.88. The molecular formula is C13H15F2NO2S. The van der Waals surface area contributed by atoms with Gasteiger partial charge in [-0.1, -0.05) is 23.9 Å². The van der Waals surface area contributed by atoms with Crippen LogP contribution in [-0.4, -0.2) is 29.9 Å². The highest BCUT2D eigenvalue weighted by Crippen LogP contribution is 2.44. The molecule has 0 aliphatic heterocycles. The topological polar surface area (TPSA) is 49.3 Å². The van der Waals surface area contributed by atoms with E-state index in [1.807, 2.05) is 0 Å². The summed E-state index contributed by atoms with van der Waals surface area (Å²) in [5.41, 5.74) is 0.0574. The van der Waals surface area contributed by atoms with Gasteiger partial charge in [0.1, 0.15) is 0 Å². The number of carbonyl (C=O) groups is 1. The van der Waals surface area contributed by atoms with Crippen LogP contribution in [0.3, 0.4) is 0 Å². The van der Waals surface area contributed by atoms with Crippen molar-refractivity contribution in [2.75, 3.05) is 13.2 Å². The zero-order valence-corrected chi connectivity index (χ0v) is 11.1. The Kier molecular flexibility index (Phi) is 4.42. The predicted octanol–water partition coefficient (Wildman–Crippen LogP) is 2.50. The molecule has 0 spiro atoms. The molecule has 0 atom stereocenters. The second-order valence-electron chi connectivity index (χ2n) is 4.72. The SMILES string of the molecule is O=C(NCC1(CO)CC1)c1ccccc1SC(F)F. The lowest BCUT2D eigenvalue weighted by molar-refractivity contribution is 0.0932. The lowest BCUT2D eigenvalue weighted by Crippen LogP contribution is -2.32. The summed E-state index contributed by atoms with van der Waals surface area (Å²) in [6, 6.07) is 6.30. The first-order valence-electron chi connectivity index (χ1n) is 5.99. The van der Waals surface area contributed by atoms with Crippen LogP contribution < -0.4 is 5.32 Å². The molecule has 2 rings (SSSR count). The van der Waals surface area contributed by atoms with Crippen molar-refractivity contribution in [2.45, 2.75) is 23.5 Å². The van der Waals surface area contributed by atoms with Gasteiger partial charge < -0.3 is 10.4 Å². The van der Waals surface area contributed by atoms with Crippen molar-refractivity contribution < 1.29 is 18.7 Å². The summed E-state index contributed by atoms with van der Waals surface area (Å²) in [5, 5.41) is 11.9. The zero-order chi connectivity index (χ0) is 13.9. The highest BCUT2D eigenvalue weighted by atomic mass is 32.2. The van der Waals surface area contributed by atoms with Gasteiger partial charge in [0.25, 0.3) is 11.7 Å². The third-order valence-electron chi connectivity index (χ3n) is 3.26. The summed E-state index contributed by atoms with van der Waals surface area (Å²) >= 11 is 0.365. The van der Waals surface area contributed by atoms with Crippen LogP contribution in [0, 0.1) is 5.41 Å². The number of alkyl halides is 2. The fourth-order valence-electron chi connectivity index (χ4n) is 1.78. The smallest absolute Gasteiger partial charge is 0.288 e. The largest absolute Gasteiger partial charge is 0.396 e. The molecule has 1 aliphatic rings. The molecule has 0 unspecified atom stereocenters. The van der Waals surface area contributed by atoms with Crippen molar-refractivity contribution in [3.05, 3.63) is 29.8 Å². The van der Waals surface area contributed by atoms with Gasteiger partial charge in [0.05, 0.1) is 12.2 Å². The van der Waals surface area contributed by atoms with Crippen LogP contribution in [0.4, 0.5) is 8.78 Å². The third-order valence-corrected chi connectivity index (χ3v) is 4.05. The van der Waals surface area contributed by atoms with Gasteiger partial charge in [-0.2, -0.15) is 8.78 Å². The Morgan fingerprint density at radius 3 is 2.68 bits per heavy atom. The average molecular weight is 287 g/mol. The molecule has 0 saturated heterocycles. The van der Waals surface area contributed by atoms with E-state index in [-0.39, 0.29) is 28.4 Å². The maximum absolute atomic E-state index is 12.4. The molecule has 1 fully saturated rings. The first-order valence-corrected chi connectivity index (χ1v) is 6.87. The quantitative estimate of drug-likeness (QED) is 0.790. The Morgan fingerprint density at radius 1 is 1.42 bits per heavy atom. The van der Waals surface area contributed by atoms with Crippen LogP contribution in [0.15, 0.2) is 29.2 Å². The zero-order valence-electron chi connectivity index (χ0n) is 10.2. The molecule has 0 bridgehead atoms. The normalized spacial score (nSPS) is 16.4. The average Bonchev–Trinajstić information content (AvgIpc) is 3.17. The Balaban J connectivity index is 2.02. The van der Waals surface area contributed by atoms with Crippen molar-refractivity contribution >= 4 is 17.7 Å². The Hall–Kier alpha value is -1.14. The van der Waals surface area contributed by atoms with Crippen LogP contribution in [-0.2, 0) is 0 Å². The fraction of sp³-hybridized carbons (Fsp3) is 0.462. The maximum Gasteiger partial charge on any atom is 0.288 e. The molecule has 1 aromatic rings. The minimum absolute atomic E-state index is 0.0424. The minimum atomic E-state index is -2.55. The molecule has 1 aromatic carbocycles. The summed E-state index contributed by atoms with van der Waals surface area (Å²) in [6.07, 6.45) is 1.77. The second-order valence-corrected chi connectivity index (χ2v) is 5.75. The number of nitrogens with one attached hydrogen (secondary N) is 1. The van der Waals surface area contributed by atoms with Gasteiger partial charge in [0, 0.05) is 16.9 Å². The molecule has 1 saturated carbocycles. The molecule has 0 aromatic heterocycles.